The van der Waals surface area contributed by atoms with Crippen LogP contribution in [-0.2, 0) is 16.0 Å². The van der Waals surface area contributed by atoms with Gasteiger partial charge >= 0.3 is 6.09 Å². The molecule has 6 heteroatoms. The van der Waals surface area contributed by atoms with E-state index in [1.165, 1.54) is 9.75 Å². The summed E-state index contributed by atoms with van der Waals surface area (Å²) in [6.07, 6.45) is 0.589. The van der Waals surface area contributed by atoms with E-state index in [0.717, 1.165) is 13.0 Å². The molecule has 130 valence electrons. The lowest BCUT2D eigenvalue weighted by Crippen LogP contribution is -2.66. The molecule has 0 aliphatic heterocycles. The predicted molar refractivity (Wildman–Crippen MR) is 92.9 cm³/mol. The first-order valence-corrected chi connectivity index (χ1v) is 9.00. The maximum Gasteiger partial charge on any atom is 0.407 e. The number of rotatable bonds is 6. The van der Waals surface area contributed by atoms with Gasteiger partial charge in [0.2, 0.25) is 0 Å². The summed E-state index contributed by atoms with van der Waals surface area (Å²) < 4.78 is 11.1. The van der Waals surface area contributed by atoms with Crippen molar-refractivity contribution >= 4 is 17.4 Å². The molecule has 23 heavy (non-hydrogen) atoms. The Bertz CT molecular complexity index is 524. The van der Waals surface area contributed by atoms with Crippen molar-refractivity contribution in [1.29, 1.82) is 0 Å². The largest absolute Gasteiger partial charge is 0.444 e. The highest BCUT2D eigenvalue weighted by molar-refractivity contribution is 7.11. The monoisotopic (exact) mass is 340 g/mol. The Balaban J connectivity index is 1.87. The van der Waals surface area contributed by atoms with E-state index in [1.807, 2.05) is 27.7 Å². The molecule has 1 aromatic rings. The quantitative estimate of drug-likeness (QED) is 0.835. The number of nitrogens with one attached hydrogen (secondary N) is 2. The van der Waals surface area contributed by atoms with E-state index in [2.05, 4.69) is 29.7 Å². The van der Waals surface area contributed by atoms with E-state index in [1.54, 1.807) is 11.3 Å². The highest BCUT2D eigenvalue weighted by Gasteiger charge is 2.42. The molecule has 2 rings (SSSR count). The molecule has 0 saturated heterocycles. The zero-order valence-electron chi connectivity index (χ0n) is 14.6. The number of carbonyl (C=O) groups is 1. The van der Waals surface area contributed by atoms with Gasteiger partial charge in [-0.15, -0.1) is 11.3 Å². The van der Waals surface area contributed by atoms with Gasteiger partial charge in [-0.25, -0.2) is 4.79 Å². The van der Waals surface area contributed by atoms with Gasteiger partial charge < -0.3 is 20.1 Å². The van der Waals surface area contributed by atoms with Crippen molar-refractivity contribution in [3.63, 3.8) is 0 Å². The van der Waals surface area contributed by atoms with Crippen molar-refractivity contribution < 1.29 is 14.3 Å². The fourth-order valence-corrected chi connectivity index (χ4v) is 3.51. The Morgan fingerprint density at radius 2 is 2.13 bits per heavy atom. The van der Waals surface area contributed by atoms with Crippen LogP contribution in [0.1, 0.15) is 43.9 Å². The van der Waals surface area contributed by atoms with Crippen LogP contribution in [0.15, 0.2) is 12.1 Å². The predicted octanol–water partition coefficient (Wildman–Crippen LogP) is 3.22. The summed E-state index contributed by atoms with van der Waals surface area (Å²) >= 11 is 1.79. The topological polar surface area (TPSA) is 59.6 Å². The number of alkyl carbamates (subject to hydrolysis) is 1. The van der Waals surface area contributed by atoms with Crippen molar-refractivity contribution in [3.8, 4) is 0 Å². The average molecular weight is 340 g/mol. The van der Waals surface area contributed by atoms with Gasteiger partial charge in [0.05, 0.1) is 18.2 Å². The van der Waals surface area contributed by atoms with Crippen molar-refractivity contribution in [1.82, 2.24) is 10.6 Å². The molecule has 3 atom stereocenters. The maximum absolute atomic E-state index is 11.9. The zero-order chi connectivity index (χ0) is 17.0. The summed E-state index contributed by atoms with van der Waals surface area (Å²) in [5, 5.41) is 6.47. The minimum Gasteiger partial charge on any atom is -0.444 e. The molecule has 1 heterocycles. The van der Waals surface area contributed by atoms with E-state index >= 15 is 0 Å². The summed E-state index contributed by atoms with van der Waals surface area (Å²) in [6.45, 7) is 11.2. The summed E-state index contributed by atoms with van der Waals surface area (Å²) in [7, 11) is 0. The molecular formula is C17H28N2O3S. The fourth-order valence-electron chi connectivity index (χ4n) is 2.67. The van der Waals surface area contributed by atoms with Crippen molar-refractivity contribution in [2.24, 2.45) is 0 Å². The Hall–Kier alpha value is -1.11. The van der Waals surface area contributed by atoms with Crippen LogP contribution in [0, 0.1) is 6.92 Å². The van der Waals surface area contributed by atoms with E-state index in [0.29, 0.717) is 6.61 Å². The summed E-state index contributed by atoms with van der Waals surface area (Å²) in [4.78, 5) is 14.5. The first-order chi connectivity index (χ1) is 10.8. The molecular weight excluding hydrogens is 312 g/mol. The number of hydrogen-bond donors (Lipinski definition) is 2. The van der Waals surface area contributed by atoms with Gasteiger partial charge in [-0.3, -0.25) is 0 Å². The first kappa shape index (κ1) is 18.2. The molecule has 0 radical (unpaired) electrons. The van der Waals surface area contributed by atoms with Crippen LogP contribution < -0.4 is 10.6 Å². The van der Waals surface area contributed by atoms with E-state index in [-0.39, 0.29) is 24.3 Å². The highest BCUT2D eigenvalue weighted by atomic mass is 32.1. The second kappa shape index (κ2) is 7.64. The average Bonchev–Trinajstić information content (AvgIpc) is 2.81. The third-order valence-corrected chi connectivity index (χ3v) is 4.71. The van der Waals surface area contributed by atoms with Crippen molar-refractivity contribution in [2.75, 3.05) is 6.61 Å². The lowest BCUT2D eigenvalue weighted by atomic mass is 9.82. The van der Waals surface area contributed by atoms with Crippen LogP contribution >= 0.6 is 11.3 Å². The molecule has 0 aromatic carbocycles. The molecule has 1 aromatic heterocycles. The van der Waals surface area contributed by atoms with Gasteiger partial charge in [0.25, 0.3) is 0 Å². The Morgan fingerprint density at radius 1 is 1.39 bits per heavy atom. The molecule has 2 N–H and O–H groups in total. The molecule has 1 aliphatic carbocycles. The molecule has 0 bridgehead atoms. The van der Waals surface area contributed by atoms with E-state index in [4.69, 9.17) is 9.47 Å². The number of ether oxygens (including phenoxy) is 2. The second-order valence-corrected chi connectivity index (χ2v) is 8.27. The second-order valence-electron chi connectivity index (χ2n) is 6.90. The number of amides is 1. The SMILES string of the molecule is CCOC1CC(NC(=O)OC(C)(C)C)C1NCc1ccc(C)s1. The zero-order valence-corrected chi connectivity index (χ0v) is 15.5. The molecule has 1 saturated carbocycles. The molecule has 1 aliphatic rings. The van der Waals surface area contributed by atoms with Crippen molar-refractivity contribution in [2.45, 2.75) is 71.4 Å². The summed E-state index contributed by atoms with van der Waals surface area (Å²) in [6, 6.07) is 4.42. The molecule has 3 unspecified atom stereocenters. The standard InChI is InChI=1S/C17H28N2O3S/c1-6-21-14-9-13(19-16(20)22-17(3,4)5)15(14)18-10-12-8-7-11(2)23-12/h7-8,13-15,18H,6,9-10H2,1-5H3,(H,19,20). The van der Waals surface area contributed by atoms with Crippen LogP contribution in [0.2, 0.25) is 0 Å². The van der Waals surface area contributed by atoms with Gasteiger partial charge in [0.15, 0.2) is 0 Å². The molecule has 5 nitrogen and oxygen atoms in total. The van der Waals surface area contributed by atoms with Crippen LogP contribution in [0.5, 0.6) is 0 Å². The summed E-state index contributed by atoms with van der Waals surface area (Å²) in [5.74, 6) is 0. The first-order valence-electron chi connectivity index (χ1n) is 8.18. The Kier molecular flexibility index (Phi) is 6.06. The lowest BCUT2D eigenvalue weighted by Gasteiger charge is -2.44. The number of carbonyl (C=O) groups excluding carboxylic acids is 1. The maximum atomic E-state index is 11.9. The van der Waals surface area contributed by atoms with Crippen LogP contribution in [0.3, 0.4) is 0 Å². The minimum absolute atomic E-state index is 0.0439. The Morgan fingerprint density at radius 3 is 2.70 bits per heavy atom. The van der Waals surface area contributed by atoms with Crippen LogP contribution in [0.4, 0.5) is 4.79 Å². The van der Waals surface area contributed by atoms with Gasteiger partial charge in [0.1, 0.15) is 5.60 Å². The van der Waals surface area contributed by atoms with Gasteiger partial charge in [-0.2, -0.15) is 0 Å². The van der Waals surface area contributed by atoms with E-state index < -0.39 is 5.60 Å². The number of aryl methyl sites for hydroxylation is 1. The summed E-state index contributed by atoms with van der Waals surface area (Å²) in [5.41, 5.74) is -0.482. The van der Waals surface area contributed by atoms with E-state index in [9.17, 15) is 4.79 Å². The lowest BCUT2D eigenvalue weighted by molar-refractivity contribution is -0.0437. The third kappa shape index (κ3) is 5.48. The fraction of sp³-hybridized carbons (Fsp3) is 0.706. The normalized spacial score (nSPS) is 24.1. The Labute approximate surface area is 142 Å². The van der Waals surface area contributed by atoms with Gasteiger partial charge in [0, 0.05) is 22.9 Å². The van der Waals surface area contributed by atoms with Gasteiger partial charge in [-0.1, -0.05) is 0 Å². The molecule has 0 spiro atoms. The van der Waals surface area contributed by atoms with Gasteiger partial charge in [-0.05, 0) is 53.2 Å². The third-order valence-electron chi connectivity index (χ3n) is 3.71. The number of hydrogen-bond acceptors (Lipinski definition) is 5. The molecule has 1 amide bonds. The van der Waals surface area contributed by atoms with Crippen LogP contribution in [-0.4, -0.2) is 36.5 Å². The molecule has 1 fully saturated rings. The number of thiophene rings is 1. The van der Waals surface area contributed by atoms with Crippen molar-refractivity contribution in [3.05, 3.63) is 21.9 Å². The minimum atomic E-state index is -0.482. The highest BCUT2D eigenvalue weighted by Crippen LogP contribution is 2.26. The smallest absolute Gasteiger partial charge is 0.407 e. The van der Waals surface area contributed by atoms with Crippen LogP contribution in [0.25, 0.3) is 0 Å².